The zero-order chi connectivity index (χ0) is 9.02. The largest absolute Gasteiger partial charge is 0.350 e. The molecular formula is C7H13ClFNO. The second kappa shape index (κ2) is 4.54. The fourth-order valence-corrected chi connectivity index (χ4v) is 0.517. The Morgan fingerprint density at radius 1 is 1.45 bits per heavy atom. The summed E-state index contributed by atoms with van der Waals surface area (Å²) in [5, 5.41) is 2.43. The van der Waals surface area contributed by atoms with Crippen molar-refractivity contribution in [2.24, 2.45) is 5.92 Å². The molecular weight excluding hydrogens is 169 g/mol. The van der Waals surface area contributed by atoms with Crippen LogP contribution in [0.5, 0.6) is 0 Å². The quantitative estimate of drug-likeness (QED) is 0.660. The standard InChI is InChI=1S/C7H13ClFNO/c1-4(2)5(3)10-7(11)6(8)9/h4-6H,1-3H3,(H,10,11). The summed E-state index contributed by atoms with van der Waals surface area (Å²) in [5.41, 5.74) is -1.93. The number of halogens is 2. The van der Waals surface area contributed by atoms with Crippen molar-refractivity contribution in [2.75, 3.05) is 0 Å². The molecule has 0 saturated carbocycles. The summed E-state index contributed by atoms with van der Waals surface area (Å²) in [6.45, 7) is 5.68. The van der Waals surface area contributed by atoms with Gasteiger partial charge in [0.25, 0.3) is 11.5 Å². The van der Waals surface area contributed by atoms with E-state index in [4.69, 9.17) is 11.6 Å². The normalized spacial score (nSPS) is 16.2. The summed E-state index contributed by atoms with van der Waals surface area (Å²) in [6.07, 6.45) is 0. The van der Waals surface area contributed by atoms with Crippen molar-refractivity contribution < 1.29 is 9.18 Å². The van der Waals surface area contributed by atoms with Crippen molar-refractivity contribution in [1.29, 1.82) is 0 Å². The van der Waals surface area contributed by atoms with E-state index < -0.39 is 11.5 Å². The number of carbonyl (C=O) groups excluding carboxylic acids is 1. The Hall–Kier alpha value is -0.310. The fourth-order valence-electron chi connectivity index (χ4n) is 0.454. The van der Waals surface area contributed by atoms with Gasteiger partial charge >= 0.3 is 0 Å². The molecule has 66 valence electrons. The van der Waals surface area contributed by atoms with Crippen LogP contribution in [-0.2, 0) is 4.79 Å². The number of hydrogen-bond acceptors (Lipinski definition) is 1. The molecule has 0 radical (unpaired) electrons. The number of hydrogen-bond donors (Lipinski definition) is 1. The summed E-state index contributed by atoms with van der Waals surface area (Å²) in [5.74, 6) is -0.470. The van der Waals surface area contributed by atoms with E-state index in [1.165, 1.54) is 0 Å². The van der Waals surface area contributed by atoms with E-state index in [1.54, 1.807) is 0 Å². The number of alkyl halides is 2. The van der Waals surface area contributed by atoms with Gasteiger partial charge in [-0.3, -0.25) is 4.79 Å². The van der Waals surface area contributed by atoms with Crippen LogP contribution in [0, 0.1) is 5.92 Å². The maximum atomic E-state index is 12.1. The summed E-state index contributed by atoms with van der Waals surface area (Å²) in [6, 6.07) is -0.0421. The van der Waals surface area contributed by atoms with Crippen LogP contribution >= 0.6 is 11.6 Å². The van der Waals surface area contributed by atoms with Crippen LogP contribution in [0.1, 0.15) is 20.8 Å². The van der Waals surface area contributed by atoms with Crippen LogP contribution in [0.2, 0.25) is 0 Å². The van der Waals surface area contributed by atoms with Crippen molar-refractivity contribution in [3.63, 3.8) is 0 Å². The van der Waals surface area contributed by atoms with Crippen LogP contribution in [0.25, 0.3) is 0 Å². The number of amides is 1. The van der Waals surface area contributed by atoms with E-state index in [0.717, 1.165) is 0 Å². The van der Waals surface area contributed by atoms with Gasteiger partial charge in [-0.2, -0.15) is 0 Å². The molecule has 2 atom stereocenters. The maximum absolute atomic E-state index is 12.1. The summed E-state index contributed by atoms with van der Waals surface area (Å²) < 4.78 is 12.1. The lowest BCUT2D eigenvalue weighted by Gasteiger charge is -2.16. The lowest BCUT2D eigenvalue weighted by Crippen LogP contribution is -2.39. The van der Waals surface area contributed by atoms with Crippen LogP contribution < -0.4 is 5.32 Å². The molecule has 0 saturated heterocycles. The first-order valence-corrected chi connectivity index (χ1v) is 3.97. The third-order valence-electron chi connectivity index (χ3n) is 1.57. The first-order valence-electron chi connectivity index (χ1n) is 3.53. The van der Waals surface area contributed by atoms with Gasteiger partial charge in [0.2, 0.25) is 0 Å². The molecule has 4 heteroatoms. The minimum absolute atomic E-state index is 0.0421. The molecule has 0 aromatic rings. The second-order valence-corrected chi connectivity index (χ2v) is 3.23. The second-order valence-electron chi connectivity index (χ2n) is 2.84. The third-order valence-corrected chi connectivity index (χ3v) is 1.77. The van der Waals surface area contributed by atoms with Gasteiger partial charge in [-0.15, -0.1) is 0 Å². The van der Waals surface area contributed by atoms with Gasteiger partial charge in [0.1, 0.15) is 0 Å². The molecule has 0 bridgehead atoms. The summed E-state index contributed by atoms with van der Waals surface area (Å²) >= 11 is 4.90. The van der Waals surface area contributed by atoms with E-state index >= 15 is 0 Å². The van der Waals surface area contributed by atoms with E-state index in [-0.39, 0.29) is 12.0 Å². The van der Waals surface area contributed by atoms with Crippen molar-refractivity contribution in [1.82, 2.24) is 5.32 Å². The van der Waals surface area contributed by atoms with Crippen LogP contribution in [0.3, 0.4) is 0 Å². The molecule has 0 aliphatic carbocycles. The first kappa shape index (κ1) is 10.7. The van der Waals surface area contributed by atoms with Crippen molar-refractivity contribution in [3.8, 4) is 0 Å². The molecule has 1 amide bonds. The zero-order valence-electron chi connectivity index (χ0n) is 6.90. The molecule has 1 N–H and O–H groups in total. The number of nitrogens with one attached hydrogen (secondary N) is 1. The Morgan fingerprint density at radius 3 is 2.18 bits per heavy atom. The molecule has 0 aromatic carbocycles. The van der Waals surface area contributed by atoms with Crippen LogP contribution in [-0.4, -0.2) is 17.6 Å². The molecule has 0 spiro atoms. The first-order chi connectivity index (χ1) is 4.95. The van der Waals surface area contributed by atoms with Crippen molar-refractivity contribution >= 4 is 17.5 Å². The Labute approximate surface area is 71.1 Å². The Morgan fingerprint density at radius 2 is 1.91 bits per heavy atom. The van der Waals surface area contributed by atoms with Crippen LogP contribution in [0.4, 0.5) is 4.39 Å². The molecule has 2 nitrogen and oxygen atoms in total. The smallest absolute Gasteiger partial charge is 0.270 e. The Bertz CT molecular complexity index is 138. The van der Waals surface area contributed by atoms with Gasteiger partial charge in [0, 0.05) is 6.04 Å². The van der Waals surface area contributed by atoms with E-state index in [0.29, 0.717) is 0 Å². The van der Waals surface area contributed by atoms with Crippen molar-refractivity contribution in [3.05, 3.63) is 0 Å². The molecule has 11 heavy (non-hydrogen) atoms. The van der Waals surface area contributed by atoms with Gasteiger partial charge < -0.3 is 5.32 Å². The lowest BCUT2D eigenvalue weighted by molar-refractivity contribution is -0.124. The molecule has 2 unspecified atom stereocenters. The van der Waals surface area contributed by atoms with Crippen molar-refractivity contribution in [2.45, 2.75) is 32.4 Å². The van der Waals surface area contributed by atoms with Gasteiger partial charge in [-0.1, -0.05) is 25.4 Å². The highest BCUT2D eigenvalue weighted by Gasteiger charge is 2.16. The zero-order valence-corrected chi connectivity index (χ0v) is 7.65. The van der Waals surface area contributed by atoms with E-state index in [2.05, 4.69) is 5.32 Å². The molecule has 0 aliphatic heterocycles. The Balaban J connectivity index is 3.76. The minimum atomic E-state index is -1.93. The molecule has 0 heterocycles. The monoisotopic (exact) mass is 181 g/mol. The highest BCUT2D eigenvalue weighted by molar-refractivity contribution is 6.29. The molecule has 0 rings (SSSR count). The van der Waals surface area contributed by atoms with Crippen LogP contribution in [0.15, 0.2) is 0 Å². The summed E-state index contributed by atoms with van der Waals surface area (Å²) in [7, 11) is 0. The predicted octanol–water partition coefficient (Wildman–Crippen LogP) is 1.68. The van der Waals surface area contributed by atoms with Gasteiger partial charge in [-0.25, -0.2) is 4.39 Å². The summed E-state index contributed by atoms with van der Waals surface area (Å²) in [4.78, 5) is 10.6. The van der Waals surface area contributed by atoms with E-state index in [1.807, 2.05) is 20.8 Å². The highest BCUT2D eigenvalue weighted by Crippen LogP contribution is 2.02. The fraction of sp³-hybridized carbons (Fsp3) is 0.857. The maximum Gasteiger partial charge on any atom is 0.270 e. The van der Waals surface area contributed by atoms with Gasteiger partial charge in [-0.05, 0) is 12.8 Å². The Kier molecular flexibility index (Phi) is 4.42. The number of carbonyl (C=O) groups is 1. The van der Waals surface area contributed by atoms with E-state index in [9.17, 15) is 9.18 Å². The minimum Gasteiger partial charge on any atom is -0.350 e. The molecule has 0 fully saturated rings. The van der Waals surface area contributed by atoms with Gasteiger partial charge in [0.05, 0.1) is 0 Å². The third kappa shape index (κ3) is 4.19. The van der Waals surface area contributed by atoms with Gasteiger partial charge in [0.15, 0.2) is 0 Å². The topological polar surface area (TPSA) is 29.1 Å². The highest BCUT2D eigenvalue weighted by atomic mass is 35.5. The average Bonchev–Trinajstić information content (AvgIpc) is 1.87. The molecule has 0 aliphatic rings. The number of rotatable bonds is 3. The predicted molar refractivity (Wildman–Crippen MR) is 43.2 cm³/mol. The average molecular weight is 182 g/mol. The molecule has 0 aromatic heterocycles. The SMILES string of the molecule is CC(C)C(C)NC(=O)C(F)Cl. The lowest BCUT2D eigenvalue weighted by atomic mass is 10.1.